The Morgan fingerprint density at radius 1 is 1.22 bits per heavy atom. The third kappa shape index (κ3) is 2.59. The van der Waals surface area contributed by atoms with Gasteiger partial charge in [0.15, 0.2) is 5.65 Å². The lowest BCUT2D eigenvalue weighted by Gasteiger charge is -2.06. The van der Waals surface area contributed by atoms with E-state index in [9.17, 15) is 4.79 Å². The first-order valence-corrected chi connectivity index (χ1v) is 7.81. The number of amides is 1. The van der Waals surface area contributed by atoms with E-state index in [2.05, 4.69) is 20.3 Å². The van der Waals surface area contributed by atoms with Crippen molar-refractivity contribution in [2.24, 2.45) is 0 Å². The fourth-order valence-electron chi connectivity index (χ4n) is 2.48. The molecule has 0 aliphatic carbocycles. The molecule has 1 aliphatic heterocycles. The summed E-state index contributed by atoms with van der Waals surface area (Å²) < 4.78 is 5.12. The zero-order valence-electron chi connectivity index (χ0n) is 12.2. The van der Waals surface area contributed by atoms with E-state index in [-0.39, 0.29) is 5.91 Å². The molecule has 0 radical (unpaired) electrons. The Labute approximate surface area is 136 Å². The van der Waals surface area contributed by atoms with Crippen molar-refractivity contribution in [2.75, 3.05) is 12.4 Å². The summed E-state index contributed by atoms with van der Waals surface area (Å²) in [4.78, 5) is 25.3. The lowest BCUT2D eigenvalue weighted by molar-refractivity contribution is -0.115. The highest BCUT2D eigenvalue weighted by Gasteiger charge is 2.18. The summed E-state index contributed by atoms with van der Waals surface area (Å²) >= 11 is 1.53. The minimum absolute atomic E-state index is 0.0333. The van der Waals surface area contributed by atoms with Crippen LogP contribution >= 0.6 is 11.8 Å². The van der Waals surface area contributed by atoms with Gasteiger partial charge in [-0.05, 0) is 29.8 Å². The second-order valence-electron chi connectivity index (χ2n) is 5.05. The topological polar surface area (TPSA) is 77.0 Å². The third-order valence-electron chi connectivity index (χ3n) is 3.56. The van der Waals surface area contributed by atoms with Gasteiger partial charge in [0.25, 0.3) is 0 Å². The van der Waals surface area contributed by atoms with Gasteiger partial charge in [-0.25, -0.2) is 9.97 Å². The number of ether oxygens (including phenoxy) is 1. The van der Waals surface area contributed by atoms with E-state index in [1.807, 2.05) is 24.3 Å². The molecule has 0 fully saturated rings. The van der Waals surface area contributed by atoms with Gasteiger partial charge in [-0.3, -0.25) is 4.79 Å². The molecule has 23 heavy (non-hydrogen) atoms. The van der Waals surface area contributed by atoms with Gasteiger partial charge >= 0.3 is 0 Å². The highest BCUT2D eigenvalue weighted by Crippen LogP contribution is 2.34. The number of aromatic nitrogens is 3. The van der Waals surface area contributed by atoms with Crippen LogP contribution in [0.4, 0.5) is 5.69 Å². The van der Waals surface area contributed by atoms with Crippen LogP contribution in [0.2, 0.25) is 0 Å². The van der Waals surface area contributed by atoms with Crippen molar-refractivity contribution in [1.29, 1.82) is 0 Å². The maximum atomic E-state index is 11.4. The van der Waals surface area contributed by atoms with Crippen molar-refractivity contribution in [2.45, 2.75) is 16.3 Å². The average Bonchev–Trinajstić information content (AvgIpc) is 2.94. The van der Waals surface area contributed by atoms with E-state index in [4.69, 9.17) is 4.74 Å². The summed E-state index contributed by atoms with van der Waals surface area (Å²) in [7, 11) is 1.57. The van der Waals surface area contributed by atoms with E-state index >= 15 is 0 Å². The van der Waals surface area contributed by atoms with Gasteiger partial charge in [0, 0.05) is 16.6 Å². The molecular weight excluding hydrogens is 312 g/mol. The summed E-state index contributed by atoms with van der Waals surface area (Å²) in [6.07, 6.45) is 1.92. The second-order valence-corrected chi connectivity index (χ2v) is 6.11. The number of pyridine rings is 1. The van der Waals surface area contributed by atoms with Crippen molar-refractivity contribution in [3.05, 3.63) is 42.2 Å². The summed E-state index contributed by atoms with van der Waals surface area (Å²) in [6, 6.07) is 9.61. The number of rotatable bonds is 3. The zero-order chi connectivity index (χ0) is 15.8. The van der Waals surface area contributed by atoms with Crippen molar-refractivity contribution in [3.63, 3.8) is 0 Å². The quantitative estimate of drug-likeness (QED) is 0.746. The van der Waals surface area contributed by atoms with E-state index in [0.29, 0.717) is 17.9 Å². The molecule has 3 heterocycles. The minimum atomic E-state index is 0.0333. The van der Waals surface area contributed by atoms with Crippen molar-refractivity contribution < 1.29 is 9.53 Å². The molecule has 1 amide bonds. The summed E-state index contributed by atoms with van der Waals surface area (Å²) in [5.41, 5.74) is 2.50. The predicted octanol–water partition coefficient (Wildman–Crippen LogP) is 2.68. The Morgan fingerprint density at radius 3 is 3.00 bits per heavy atom. The Balaban J connectivity index is 1.71. The van der Waals surface area contributed by atoms with E-state index in [0.717, 1.165) is 26.6 Å². The first-order chi connectivity index (χ1) is 11.2. The number of fused-ring (bicyclic) bond motifs is 2. The molecule has 6 nitrogen and oxygen atoms in total. The summed E-state index contributed by atoms with van der Waals surface area (Å²) in [6.45, 7) is 0. The Kier molecular flexibility index (Phi) is 3.34. The number of hydrogen-bond donors (Lipinski definition) is 1. The number of methoxy groups -OCH3 is 1. The van der Waals surface area contributed by atoms with Crippen LogP contribution in [-0.2, 0) is 11.2 Å². The normalized spacial score (nSPS) is 13.0. The van der Waals surface area contributed by atoms with Crippen LogP contribution in [0.1, 0.15) is 5.56 Å². The SMILES string of the molecule is COc1ccc2c(Sc3ccc4c(c3)CC(=O)N4)ncnc2n1. The maximum Gasteiger partial charge on any atom is 0.228 e. The smallest absolute Gasteiger partial charge is 0.228 e. The molecule has 4 rings (SSSR count). The van der Waals surface area contributed by atoms with Gasteiger partial charge in [0.05, 0.1) is 18.9 Å². The first kappa shape index (κ1) is 14.0. The predicted molar refractivity (Wildman–Crippen MR) is 86.8 cm³/mol. The summed E-state index contributed by atoms with van der Waals surface area (Å²) in [5.74, 6) is 0.556. The molecule has 0 atom stereocenters. The van der Waals surface area contributed by atoms with Gasteiger partial charge in [0.1, 0.15) is 11.4 Å². The van der Waals surface area contributed by atoms with Crippen LogP contribution in [0, 0.1) is 0 Å². The number of carbonyl (C=O) groups excluding carboxylic acids is 1. The number of anilines is 1. The molecular formula is C16H12N4O2S. The standard InChI is InChI=1S/C16H12N4O2S/c1-22-14-5-3-11-15(20-14)17-8-18-16(11)23-10-2-4-12-9(6-10)7-13(21)19-12/h2-6,8H,7H2,1H3,(H,19,21). The van der Waals surface area contributed by atoms with Crippen LogP contribution in [0.5, 0.6) is 5.88 Å². The van der Waals surface area contributed by atoms with E-state index in [1.165, 1.54) is 18.1 Å². The molecule has 0 bridgehead atoms. The summed E-state index contributed by atoms with van der Waals surface area (Å²) in [5, 5.41) is 4.52. The molecule has 0 unspecified atom stereocenters. The van der Waals surface area contributed by atoms with E-state index in [1.54, 1.807) is 13.2 Å². The molecule has 3 aromatic rings. The fourth-order valence-corrected chi connectivity index (χ4v) is 3.41. The number of nitrogens with zero attached hydrogens (tertiary/aromatic N) is 3. The van der Waals surface area contributed by atoms with Crippen molar-refractivity contribution >= 4 is 34.4 Å². The second kappa shape index (κ2) is 5.51. The maximum absolute atomic E-state index is 11.4. The zero-order valence-corrected chi connectivity index (χ0v) is 13.1. The number of carbonyl (C=O) groups is 1. The highest BCUT2D eigenvalue weighted by molar-refractivity contribution is 7.99. The van der Waals surface area contributed by atoms with Crippen LogP contribution in [0.3, 0.4) is 0 Å². The lowest BCUT2D eigenvalue weighted by Crippen LogP contribution is -2.03. The monoisotopic (exact) mass is 324 g/mol. The molecule has 1 N–H and O–H groups in total. The van der Waals surface area contributed by atoms with Gasteiger partial charge < -0.3 is 10.1 Å². The fraction of sp³-hybridized carbons (Fsp3) is 0.125. The molecule has 1 aromatic carbocycles. The number of benzene rings is 1. The Bertz CT molecular complexity index is 929. The number of nitrogens with one attached hydrogen (secondary N) is 1. The Morgan fingerprint density at radius 2 is 2.13 bits per heavy atom. The van der Waals surface area contributed by atoms with Crippen molar-refractivity contribution in [1.82, 2.24) is 15.0 Å². The third-order valence-corrected chi connectivity index (χ3v) is 4.57. The Hall–Kier alpha value is -2.67. The van der Waals surface area contributed by atoms with Gasteiger partial charge in [-0.1, -0.05) is 11.8 Å². The van der Waals surface area contributed by atoms with Gasteiger partial charge in [-0.15, -0.1) is 0 Å². The molecule has 0 saturated heterocycles. The largest absolute Gasteiger partial charge is 0.481 e. The molecule has 7 heteroatoms. The number of hydrogen-bond acceptors (Lipinski definition) is 6. The van der Waals surface area contributed by atoms with Crippen LogP contribution in [0.15, 0.2) is 46.6 Å². The molecule has 114 valence electrons. The molecule has 0 spiro atoms. The van der Waals surface area contributed by atoms with E-state index < -0.39 is 0 Å². The molecule has 0 saturated carbocycles. The van der Waals surface area contributed by atoms with Gasteiger partial charge in [0.2, 0.25) is 11.8 Å². The lowest BCUT2D eigenvalue weighted by atomic mass is 10.2. The highest BCUT2D eigenvalue weighted by atomic mass is 32.2. The molecule has 1 aliphatic rings. The molecule has 2 aromatic heterocycles. The minimum Gasteiger partial charge on any atom is -0.481 e. The van der Waals surface area contributed by atoms with Crippen LogP contribution in [-0.4, -0.2) is 28.0 Å². The van der Waals surface area contributed by atoms with Crippen LogP contribution in [0.25, 0.3) is 11.0 Å². The first-order valence-electron chi connectivity index (χ1n) is 6.99. The van der Waals surface area contributed by atoms with Crippen LogP contribution < -0.4 is 10.1 Å². The average molecular weight is 324 g/mol. The van der Waals surface area contributed by atoms with Crippen molar-refractivity contribution in [3.8, 4) is 5.88 Å². The van der Waals surface area contributed by atoms with Gasteiger partial charge in [-0.2, -0.15) is 4.98 Å².